The Kier molecular flexibility index (Phi) is 4.28. The highest BCUT2D eigenvalue weighted by Crippen LogP contribution is 2.20. The molecule has 0 unspecified atom stereocenters. The summed E-state index contributed by atoms with van der Waals surface area (Å²) in [5, 5.41) is 6.43. The van der Waals surface area contributed by atoms with E-state index >= 15 is 0 Å². The van der Waals surface area contributed by atoms with E-state index in [2.05, 4.69) is 38.6 Å². The minimum absolute atomic E-state index is 0.709. The van der Waals surface area contributed by atoms with Crippen LogP contribution in [0.1, 0.15) is 23.7 Å². The summed E-state index contributed by atoms with van der Waals surface area (Å²) in [7, 11) is 1.87. The molecule has 0 aromatic carbocycles. The molecule has 5 nitrogen and oxygen atoms in total. The van der Waals surface area contributed by atoms with Gasteiger partial charge in [0.1, 0.15) is 18.0 Å². The topological polar surface area (TPSA) is 62.7 Å². The lowest BCUT2D eigenvalue weighted by molar-refractivity contribution is 1.00. The molecule has 0 aliphatic rings. The maximum absolute atomic E-state index is 4.31. The van der Waals surface area contributed by atoms with Crippen molar-refractivity contribution in [1.82, 2.24) is 15.0 Å². The van der Waals surface area contributed by atoms with E-state index in [1.807, 2.05) is 26.2 Å². The van der Waals surface area contributed by atoms with Crippen LogP contribution >= 0.6 is 0 Å². The first kappa shape index (κ1) is 13.3. The Hall–Kier alpha value is -2.17. The molecule has 0 aliphatic carbocycles. The summed E-state index contributed by atoms with van der Waals surface area (Å²) in [5.41, 5.74) is 3.26. The molecule has 2 heterocycles. The van der Waals surface area contributed by atoms with Crippen molar-refractivity contribution in [3.63, 3.8) is 0 Å². The predicted molar refractivity (Wildman–Crippen MR) is 77.3 cm³/mol. The van der Waals surface area contributed by atoms with E-state index in [0.29, 0.717) is 6.54 Å². The normalized spacial score (nSPS) is 10.3. The Bertz CT molecular complexity index is 536. The smallest absolute Gasteiger partial charge is 0.134 e. The molecular weight excluding hydrogens is 238 g/mol. The van der Waals surface area contributed by atoms with E-state index in [-0.39, 0.29) is 0 Å². The molecule has 100 valence electrons. The monoisotopic (exact) mass is 257 g/mol. The Morgan fingerprint density at radius 3 is 2.53 bits per heavy atom. The highest BCUT2D eigenvalue weighted by Gasteiger charge is 2.08. The maximum Gasteiger partial charge on any atom is 0.134 e. The van der Waals surface area contributed by atoms with Gasteiger partial charge in [-0.3, -0.25) is 4.98 Å². The van der Waals surface area contributed by atoms with Gasteiger partial charge in [-0.2, -0.15) is 0 Å². The molecule has 0 atom stereocenters. The van der Waals surface area contributed by atoms with Crippen LogP contribution in [-0.4, -0.2) is 22.0 Å². The molecule has 0 amide bonds. The van der Waals surface area contributed by atoms with Gasteiger partial charge in [0.15, 0.2) is 0 Å². The van der Waals surface area contributed by atoms with Crippen LogP contribution in [0, 0.1) is 6.92 Å². The average molecular weight is 257 g/mol. The number of hydrogen-bond acceptors (Lipinski definition) is 5. The van der Waals surface area contributed by atoms with E-state index in [1.54, 1.807) is 6.33 Å². The number of aryl methyl sites for hydroxylation is 1. The fourth-order valence-corrected chi connectivity index (χ4v) is 1.90. The first-order chi connectivity index (χ1) is 9.24. The summed E-state index contributed by atoms with van der Waals surface area (Å²) in [5.74, 6) is 1.75. The summed E-state index contributed by atoms with van der Waals surface area (Å²) in [6.45, 7) is 4.79. The SMILES string of the molecule is CCc1c(NC)ncnc1NCc1ccc(C)nc1. The minimum atomic E-state index is 0.709. The lowest BCUT2D eigenvalue weighted by atomic mass is 10.2. The van der Waals surface area contributed by atoms with Gasteiger partial charge in [0.2, 0.25) is 0 Å². The van der Waals surface area contributed by atoms with Gasteiger partial charge in [0.05, 0.1) is 0 Å². The number of pyridine rings is 1. The Labute approximate surface area is 113 Å². The number of anilines is 2. The van der Waals surface area contributed by atoms with Crippen molar-refractivity contribution in [2.45, 2.75) is 26.8 Å². The summed E-state index contributed by atoms with van der Waals surface area (Å²) in [4.78, 5) is 12.8. The number of nitrogens with one attached hydrogen (secondary N) is 2. The molecule has 0 spiro atoms. The average Bonchev–Trinajstić information content (AvgIpc) is 2.46. The molecule has 0 aliphatic heterocycles. The number of aromatic nitrogens is 3. The Morgan fingerprint density at radius 1 is 1.11 bits per heavy atom. The lowest BCUT2D eigenvalue weighted by Crippen LogP contribution is -2.08. The second-order valence-electron chi connectivity index (χ2n) is 4.31. The van der Waals surface area contributed by atoms with E-state index in [1.165, 1.54) is 0 Å². The molecule has 5 heteroatoms. The molecule has 2 rings (SSSR count). The third-order valence-corrected chi connectivity index (χ3v) is 2.97. The zero-order chi connectivity index (χ0) is 13.7. The largest absolute Gasteiger partial charge is 0.373 e. The van der Waals surface area contributed by atoms with Crippen molar-refractivity contribution in [3.05, 3.63) is 41.5 Å². The van der Waals surface area contributed by atoms with Gasteiger partial charge in [-0.25, -0.2) is 9.97 Å². The van der Waals surface area contributed by atoms with E-state index < -0.39 is 0 Å². The van der Waals surface area contributed by atoms with E-state index in [9.17, 15) is 0 Å². The molecular formula is C14H19N5. The van der Waals surface area contributed by atoms with Crippen molar-refractivity contribution in [1.29, 1.82) is 0 Å². The summed E-state index contributed by atoms with van der Waals surface area (Å²) < 4.78 is 0. The lowest BCUT2D eigenvalue weighted by Gasteiger charge is -2.12. The second kappa shape index (κ2) is 6.13. The van der Waals surface area contributed by atoms with Crippen LogP contribution in [0.4, 0.5) is 11.6 Å². The molecule has 2 aromatic rings. The van der Waals surface area contributed by atoms with Gasteiger partial charge in [-0.05, 0) is 25.0 Å². The van der Waals surface area contributed by atoms with Crippen molar-refractivity contribution in [2.75, 3.05) is 17.7 Å². The Balaban J connectivity index is 2.13. The molecule has 0 saturated heterocycles. The van der Waals surface area contributed by atoms with Crippen LogP contribution in [0.25, 0.3) is 0 Å². The maximum atomic E-state index is 4.31. The molecule has 0 radical (unpaired) electrons. The van der Waals surface area contributed by atoms with Gasteiger partial charge in [0.25, 0.3) is 0 Å². The molecule has 19 heavy (non-hydrogen) atoms. The fraction of sp³-hybridized carbons (Fsp3) is 0.357. The highest BCUT2D eigenvalue weighted by atomic mass is 15.1. The number of rotatable bonds is 5. The Morgan fingerprint density at radius 2 is 1.89 bits per heavy atom. The minimum Gasteiger partial charge on any atom is -0.373 e. The molecule has 0 saturated carbocycles. The van der Waals surface area contributed by atoms with Gasteiger partial charge < -0.3 is 10.6 Å². The first-order valence-corrected chi connectivity index (χ1v) is 6.41. The van der Waals surface area contributed by atoms with Gasteiger partial charge in [-0.15, -0.1) is 0 Å². The predicted octanol–water partition coefficient (Wildman–Crippen LogP) is 2.40. The zero-order valence-electron chi connectivity index (χ0n) is 11.6. The van der Waals surface area contributed by atoms with E-state index in [0.717, 1.165) is 34.9 Å². The molecule has 2 aromatic heterocycles. The first-order valence-electron chi connectivity index (χ1n) is 6.41. The summed E-state index contributed by atoms with van der Waals surface area (Å²) in [6, 6.07) is 4.08. The fourth-order valence-electron chi connectivity index (χ4n) is 1.90. The van der Waals surface area contributed by atoms with E-state index in [4.69, 9.17) is 0 Å². The van der Waals surface area contributed by atoms with Crippen LogP contribution in [-0.2, 0) is 13.0 Å². The van der Waals surface area contributed by atoms with Crippen molar-refractivity contribution in [3.8, 4) is 0 Å². The third-order valence-electron chi connectivity index (χ3n) is 2.97. The molecule has 0 bridgehead atoms. The summed E-state index contributed by atoms with van der Waals surface area (Å²) >= 11 is 0. The van der Waals surface area contributed by atoms with Crippen molar-refractivity contribution < 1.29 is 0 Å². The van der Waals surface area contributed by atoms with Crippen LogP contribution in [0.5, 0.6) is 0 Å². The van der Waals surface area contributed by atoms with Gasteiger partial charge in [0, 0.05) is 31.0 Å². The van der Waals surface area contributed by atoms with Gasteiger partial charge >= 0.3 is 0 Å². The van der Waals surface area contributed by atoms with Crippen LogP contribution in [0.2, 0.25) is 0 Å². The van der Waals surface area contributed by atoms with Crippen LogP contribution in [0.15, 0.2) is 24.7 Å². The van der Waals surface area contributed by atoms with Gasteiger partial charge in [-0.1, -0.05) is 13.0 Å². The summed E-state index contributed by atoms with van der Waals surface area (Å²) in [6.07, 6.45) is 4.33. The zero-order valence-corrected chi connectivity index (χ0v) is 11.6. The molecule has 2 N–H and O–H groups in total. The van der Waals surface area contributed by atoms with Crippen molar-refractivity contribution >= 4 is 11.6 Å². The molecule has 0 fully saturated rings. The highest BCUT2D eigenvalue weighted by molar-refractivity contribution is 5.57. The second-order valence-corrected chi connectivity index (χ2v) is 4.31. The number of hydrogen-bond donors (Lipinski definition) is 2. The van der Waals surface area contributed by atoms with Crippen LogP contribution in [0.3, 0.4) is 0 Å². The van der Waals surface area contributed by atoms with Crippen LogP contribution < -0.4 is 10.6 Å². The number of nitrogens with zero attached hydrogens (tertiary/aromatic N) is 3. The third kappa shape index (κ3) is 3.19. The quantitative estimate of drug-likeness (QED) is 0.861. The standard InChI is InChI=1S/C14H19N5/c1-4-12-13(15-3)18-9-19-14(12)17-8-11-6-5-10(2)16-7-11/h5-7,9H,4,8H2,1-3H3,(H2,15,17,18,19). The van der Waals surface area contributed by atoms with Crippen molar-refractivity contribution in [2.24, 2.45) is 0 Å².